The van der Waals surface area contributed by atoms with Gasteiger partial charge in [0.15, 0.2) is 5.82 Å². The molecule has 1 N–H and O–H groups in total. The summed E-state index contributed by atoms with van der Waals surface area (Å²) in [5.74, 6) is -1.22. The van der Waals surface area contributed by atoms with Crippen LogP contribution in [0.5, 0.6) is 0 Å². The zero-order valence-corrected chi connectivity index (χ0v) is 20.2. The number of benzene rings is 1. The Bertz CT molecular complexity index is 1380. The number of hydrogen-bond donors (Lipinski definition) is 1. The summed E-state index contributed by atoms with van der Waals surface area (Å²) in [6, 6.07) is 8.26. The first-order valence-electron chi connectivity index (χ1n) is 11.8. The summed E-state index contributed by atoms with van der Waals surface area (Å²) in [6.07, 6.45) is 8.12. The largest absolute Gasteiger partial charge is 0.345 e. The van der Waals surface area contributed by atoms with Gasteiger partial charge in [-0.3, -0.25) is 14.7 Å². The number of anilines is 2. The number of nitrogens with one attached hydrogen (secondary N) is 1. The van der Waals surface area contributed by atoms with Crippen LogP contribution >= 0.6 is 0 Å². The normalized spacial score (nSPS) is 14.8. The zero-order chi connectivity index (χ0) is 25.2. The van der Waals surface area contributed by atoms with E-state index < -0.39 is 11.6 Å². The highest BCUT2D eigenvalue weighted by atomic mass is 19.1. The van der Waals surface area contributed by atoms with Gasteiger partial charge in [0.2, 0.25) is 0 Å². The molecule has 1 aliphatic rings. The number of pyridine rings is 1. The molecule has 1 amide bonds. The van der Waals surface area contributed by atoms with Crippen molar-refractivity contribution in [1.29, 1.82) is 0 Å². The number of aromatic nitrogens is 4. The van der Waals surface area contributed by atoms with Crippen LogP contribution in [-0.2, 0) is 6.54 Å². The van der Waals surface area contributed by atoms with E-state index in [2.05, 4.69) is 25.2 Å². The van der Waals surface area contributed by atoms with E-state index in [1.54, 1.807) is 26.5 Å². The summed E-state index contributed by atoms with van der Waals surface area (Å²) in [5.41, 5.74) is 2.01. The third-order valence-electron chi connectivity index (χ3n) is 6.54. The van der Waals surface area contributed by atoms with Gasteiger partial charge >= 0.3 is 0 Å². The molecule has 0 saturated carbocycles. The van der Waals surface area contributed by atoms with Gasteiger partial charge in [0, 0.05) is 63.9 Å². The lowest BCUT2D eigenvalue weighted by Crippen LogP contribution is -2.34. The van der Waals surface area contributed by atoms with Gasteiger partial charge in [-0.25, -0.2) is 18.7 Å². The molecule has 8 nitrogen and oxygen atoms in total. The average Bonchev–Trinajstić information content (AvgIpc) is 3.23. The van der Waals surface area contributed by atoms with Gasteiger partial charge in [0.25, 0.3) is 5.91 Å². The van der Waals surface area contributed by atoms with E-state index in [1.165, 1.54) is 35.1 Å². The van der Waals surface area contributed by atoms with Crippen LogP contribution in [0.4, 0.5) is 20.3 Å². The molecular weight excluding hydrogens is 464 g/mol. The number of piperidine rings is 1. The Hall–Kier alpha value is -3.92. The Labute approximate surface area is 207 Å². The van der Waals surface area contributed by atoms with Crippen LogP contribution in [0.25, 0.3) is 11.0 Å². The molecule has 1 aliphatic heterocycles. The van der Waals surface area contributed by atoms with Gasteiger partial charge in [-0.2, -0.15) is 0 Å². The quantitative estimate of drug-likeness (QED) is 0.431. The first-order chi connectivity index (χ1) is 17.4. The van der Waals surface area contributed by atoms with Gasteiger partial charge in [0.05, 0.1) is 11.1 Å². The molecule has 1 aromatic carbocycles. The van der Waals surface area contributed by atoms with Crippen LogP contribution in [0.1, 0.15) is 34.8 Å². The highest BCUT2D eigenvalue weighted by molar-refractivity contribution is 5.95. The maximum atomic E-state index is 15.1. The number of halogens is 2. The van der Waals surface area contributed by atoms with Gasteiger partial charge in [-0.1, -0.05) is 0 Å². The standard InChI is InChI=1S/C26H27F2N7O/c1-33(2)26(36)18-3-4-22(20(27)13-18)32-24-23-21(28)15-35(25(23)31-16-30-24)19-7-11-34(12-8-19)14-17-5-9-29-10-6-17/h3-6,9-10,13,15-16,19H,7-8,11-12,14H2,1-2H3,(H,30,31,32). The second kappa shape index (κ2) is 9.98. The molecular formula is C26H27F2N7O. The fraction of sp³-hybridized carbons (Fsp3) is 0.308. The van der Waals surface area contributed by atoms with Crippen LogP contribution in [0.15, 0.2) is 55.2 Å². The van der Waals surface area contributed by atoms with Crippen LogP contribution < -0.4 is 5.32 Å². The molecule has 1 fully saturated rings. The van der Waals surface area contributed by atoms with E-state index in [0.717, 1.165) is 38.5 Å². The van der Waals surface area contributed by atoms with E-state index in [-0.39, 0.29) is 34.4 Å². The van der Waals surface area contributed by atoms with Crippen molar-refractivity contribution in [3.8, 4) is 0 Å². The van der Waals surface area contributed by atoms with Crippen LogP contribution in [0.3, 0.4) is 0 Å². The van der Waals surface area contributed by atoms with Gasteiger partial charge in [-0.15, -0.1) is 0 Å². The molecule has 4 aromatic rings. The molecule has 4 heterocycles. The predicted molar refractivity (Wildman–Crippen MR) is 133 cm³/mol. The predicted octanol–water partition coefficient (Wildman–Crippen LogP) is 4.39. The number of fused-ring (bicyclic) bond motifs is 1. The number of nitrogens with zero attached hydrogens (tertiary/aromatic N) is 6. The summed E-state index contributed by atoms with van der Waals surface area (Å²) >= 11 is 0. The summed E-state index contributed by atoms with van der Waals surface area (Å²) < 4.78 is 31.8. The summed E-state index contributed by atoms with van der Waals surface area (Å²) in [6.45, 7) is 2.62. The Morgan fingerprint density at radius 1 is 1.08 bits per heavy atom. The minimum atomic E-state index is -0.629. The first kappa shape index (κ1) is 23.8. The second-order valence-electron chi connectivity index (χ2n) is 9.19. The lowest BCUT2D eigenvalue weighted by molar-refractivity contribution is 0.0827. The van der Waals surface area contributed by atoms with Crippen molar-refractivity contribution in [3.63, 3.8) is 0 Å². The molecule has 1 saturated heterocycles. The molecule has 0 bridgehead atoms. The molecule has 0 radical (unpaired) electrons. The minimum Gasteiger partial charge on any atom is -0.345 e. The number of amides is 1. The molecule has 36 heavy (non-hydrogen) atoms. The average molecular weight is 492 g/mol. The van der Waals surface area contributed by atoms with Crippen molar-refractivity contribution in [2.45, 2.75) is 25.4 Å². The van der Waals surface area contributed by atoms with Crippen molar-refractivity contribution < 1.29 is 13.6 Å². The highest BCUT2D eigenvalue weighted by Gasteiger charge is 2.25. The van der Waals surface area contributed by atoms with Crippen LogP contribution in [0, 0.1) is 11.6 Å². The Morgan fingerprint density at radius 2 is 1.83 bits per heavy atom. The summed E-state index contributed by atoms with van der Waals surface area (Å²) in [5, 5.41) is 3.10. The number of likely N-dealkylation sites (tertiary alicyclic amines) is 1. The summed E-state index contributed by atoms with van der Waals surface area (Å²) in [4.78, 5) is 28.5. The fourth-order valence-corrected chi connectivity index (χ4v) is 4.65. The smallest absolute Gasteiger partial charge is 0.253 e. The number of hydrogen-bond acceptors (Lipinski definition) is 6. The van der Waals surface area contributed by atoms with Crippen molar-refractivity contribution in [2.75, 3.05) is 32.5 Å². The molecule has 10 heteroatoms. The second-order valence-corrected chi connectivity index (χ2v) is 9.19. The number of carbonyl (C=O) groups is 1. The van der Waals surface area contributed by atoms with E-state index in [9.17, 15) is 9.18 Å². The highest BCUT2D eigenvalue weighted by Crippen LogP contribution is 2.33. The Morgan fingerprint density at radius 3 is 2.53 bits per heavy atom. The van der Waals surface area contributed by atoms with Crippen LogP contribution in [-0.4, -0.2) is 62.4 Å². The molecule has 0 spiro atoms. The van der Waals surface area contributed by atoms with E-state index >= 15 is 4.39 Å². The molecule has 3 aromatic heterocycles. The van der Waals surface area contributed by atoms with Gasteiger partial charge in [-0.05, 0) is 48.7 Å². The molecule has 0 unspecified atom stereocenters. The first-order valence-corrected chi connectivity index (χ1v) is 11.8. The zero-order valence-electron chi connectivity index (χ0n) is 20.2. The van der Waals surface area contributed by atoms with E-state index in [1.807, 2.05) is 16.7 Å². The third-order valence-corrected chi connectivity index (χ3v) is 6.54. The van der Waals surface area contributed by atoms with Gasteiger partial charge < -0.3 is 14.8 Å². The Balaban J connectivity index is 1.35. The molecule has 5 rings (SSSR count). The van der Waals surface area contributed by atoms with Gasteiger partial charge in [0.1, 0.15) is 23.6 Å². The van der Waals surface area contributed by atoms with Crippen molar-refractivity contribution in [2.24, 2.45) is 0 Å². The SMILES string of the molecule is CN(C)C(=O)c1ccc(Nc2ncnc3c2c(F)cn3C2CCN(Cc3ccncc3)CC2)c(F)c1. The number of carbonyl (C=O) groups excluding carboxylic acids is 1. The minimum absolute atomic E-state index is 0.0986. The molecule has 0 aliphatic carbocycles. The van der Waals surface area contributed by atoms with Crippen LogP contribution in [0.2, 0.25) is 0 Å². The fourth-order valence-electron chi connectivity index (χ4n) is 4.65. The molecule has 186 valence electrons. The maximum absolute atomic E-state index is 15.1. The van der Waals surface area contributed by atoms with Crippen molar-refractivity contribution in [3.05, 3.63) is 78.0 Å². The van der Waals surface area contributed by atoms with Crippen molar-refractivity contribution >= 4 is 28.4 Å². The molecule has 0 atom stereocenters. The van der Waals surface area contributed by atoms with E-state index in [0.29, 0.717) is 5.65 Å². The third kappa shape index (κ3) is 4.76. The lowest BCUT2D eigenvalue weighted by atomic mass is 10.0. The van der Waals surface area contributed by atoms with E-state index in [4.69, 9.17) is 0 Å². The monoisotopic (exact) mass is 491 g/mol. The topological polar surface area (TPSA) is 79.2 Å². The maximum Gasteiger partial charge on any atom is 0.253 e. The number of rotatable bonds is 6. The Kier molecular flexibility index (Phi) is 6.60. The lowest BCUT2D eigenvalue weighted by Gasteiger charge is -2.32. The van der Waals surface area contributed by atoms with Crippen molar-refractivity contribution in [1.82, 2.24) is 29.3 Å². The summed E-state index contributed by atoms with van der Waals surface area (Å²) in [7, 11) is 3.20.